The average molecular weight is 288 g/mol. The number of anilines is 1. The predicted molar refractivity (Wildman–Crippen MR) is 79.6 cm³/mol. The maximum absolute atomic E-state index is 12.6. The largest absolute Gasteiger partial charge is 0.491 e. The summed E-state index contributed by atoms with van der Waals surface area (Å²) in [6.07, 6.45) is 4.85. The fourth-order valence-corrected chi connectivity index (χ4v) is 2.81. The maximum Gasteiger partial charge on any atom is 0.253 e. The Labute approximate surface area is 124 Å². The molecule has 112 valence electrons. The molecule has 1 aromatic carbocycles. The van der Waals surface area contributed by atoms with Crippen molar-refractivity contribution in [2.45, 2.75) is 32.1 Å². The van der Waals surface area contributed by atoms with Gasteiger partial charge in [0.25, 0.3) is 5.91 Å². The van der Waals surface area contributed by atoms with Crippen LogP contribution in [0.1, 0.15) is 42.5 Å². The molecule has 21 heavy (non-hydrogen) atoms. The lowest BCUT2D eigenvalue weighted by Gasteiger charge is -2.21. The Kier molecular flexibility index (Phi) is 4.08. The third-order valence-electron chi connectivity index (χ3n) is 3.98. The molecular weight excluding hydrogens is 268 g/mol. The van der Waals surface area contributed by atoms with E-state index in [4.69, 9.17) is 4.74 Å². The molecule has 2 aliphatic rings. The van der Waals surface area contributed by atoms with Crippen LogP contribution in [0.5, 0.6) is 5.75 Å². The first kappa shape index (κ1) is 13.9. The summed E-state index contributed by atoms with van der Waals surface area (Å²) in [5.41, 5.74) is 1.21. The number of amides is 2. The molecule has 1 saturated heterocycles. The molecule has 0 bridgehead atoms. The molecule has 2 aliphatic heterocycles. The molecule has 0 saturated carbocycles. The summed E-state index contributed by atoms with van der Waals surface area (Å²) in [4.78, 5) is 26.1. The van der Waals surface area contributed by atoms with Crippen LogP contribution in [0.2, 0.25) is 0 Å². The number of likely N-dealkylation sites (tertiary alicyclic amines) is 1. The first-order valence-corrected chi connectivity index (χ1v) is 7.60. The third kappa shape index (κ3) is 3.17. The maximum atomic E-state index is 12.6. The van der Waals surface area contributed by atoms with Crippen molar-refractivity contribution in [3.05, 3.63) is 23.8 Å². The van der Waals surface area contributed by atoms with E-state index in [2.05, 4.69) is 5.32 Å². The van der Waals surface area contributed by atoms with E-state index >= 15 is 0 Å². The fraction of sp³-hybridized carbons (Fsp3) is 0.500. The van der Waals surface area contributed by atoms with Crippen LogP contribution in [0.4, 0.5) is 5.69 Å². The molecule has 0 aliphatic carbocycles. The van der Waals surface area contributed by atoms with Gasteiger partial charge in [-0.25, -0.2) is 0 Å². The molecule has 3 rings (SSSR count). The molecule has 5 heteroatoms. The normalized spacial score (nSPS) is 18.9. The Hall–Kier alpha value is -2.04. The zero-order chi connectivity index (χ0) is 14.7. The second kappa shape index (κ2) is 6.16. The molecule has 0 aromatic heterocycles. The standard InChI is InChI=1S/C16H20N2O3/c19-15-7-10-21-14-6-5-12(11-13(14)17-15)16(20)18-8-3-1-2-4-9-18/h5-6,11H,1-4,7-10H2,(H,17,19). The van der Waals surface area contributed by atoms with Crippen molar-refractivity contribution >= 4 is 17.5 Å². The highest BCUT2D eigenvalue weighted by atomic mass is 16.5. The Balaban J connectivity index is 1.82. The van der Waals surface area contributed by atoms with E-state index in [1.165, 1.54) is 12.8 Å². The molecule has 0 atom stereocenters. The first-order valence-electron chi connectivity index (χ1n) is 7.60. The first-order chi connectivity index (χ1) is 10.2. The summed E-state index contributed by atoms with van der Waals surface area (Å²) in [5, 5.41) is 2.80. The van der Waals surface area contributed by atoms with Crippen molar-refractivity contribution in [3.63, 3.8) is 0 Å². The van der Waals surface area contributed by atoms with Gasteiger partial charge in [0.1, 0.15) is 5.75 Å². The number of rotatable bonds is 1. The van der Waals surface area contributed by atoms with Crippen LogP contribution >= 0.6 is 0 Å². The van der Waals surface area contributed by atoms with E-state index in [0.717, 1.165) is 25.9 Å². The zero-order valence-electron chi connectivity index (χ0n) is 12.1. The number of fused-ring (bicyclic) bond motifs is 1. The predicted octanol–water partition coefficient (Wildman–Crippen LogP) is 2.42. The number of carbonyl (C=O) groups is 2. The highest BCUT2D eigenvalue weighted by molar-refractivity contribution is 5.98. The molecule has 0 spiro atoms. The Morgan fingerprint density at radius 2 is 1.90 bits per heavy atom. The van der Waals surface area contributed by atoms with Crippen molar-refractivity contribution in [2.75, 3.05) is 25.0 Å². The van der Waals surface area contributed by atoms with Gasteiger partial charge in [-0.3, -0.25) is 9.59 Å². The lowest BCUT2D eigenvalue weighted by atomic mass is 10.1. The van der Waals surface area contributed by atoms with Crippen LogP contribution in [-0.2, 0) is 4.79 Å². The highest BCUT2D eigenvalue weighted by Gasteiger charge is 2.20. The SMILES string of the molecule is O=C1CCOc2ccc(C(=O)N3CCCCCC3)cc2N1. The van der Waals surface area contributed by atoms with E-state index in [-0.39, 0.29) is 11.8 Å². The monoisotopic (exact) mass is 288 g/mol. The molecule has 1 aromatic rings. The summed E-state index contributed by atoms with van der Waals surface area (Å²) in [6.45, 7) is 2.01. The lowest BCUT2D eigenvalue weighted by Crippen LogP contribution is -2.31. The topological polar surface area (TPSA) is 58.6 Å². The number of benzene rings is 1. The number of hydrogen-bond acceptors (Lipinski definition) is 3. The quantitative estimate of drug-likeness (QED) is 0.863. The zero-order valence-corrected chi connectivity index (χ0v) is 12.1. The molecule has 2 heterocycles. The second-order valence-electron chi connectivity index (χ2n) is 5.56. The lowest BCUT2D eigenvalue weighted by molar-refractivity contribution is -0.116. The van der Waals surface area contributed by atoms with E-state index in [1.807, 2.05) is 4.90 Å². The molecule has 2 amide bonds. The van der Waals surface area contributed by atoms with Crippen LogP contribution in [-0.4, -0.2) is 36.4 Å². The molecular formula is C16H20N2O3. The van der Waals surface area contributed by atoms with Gasteiger partial charge in [0, 0.05) is 18.7 Å². The minimum atomic E-state index is -0.0758. The summed E-state index contributed by atoms with van der Waals surface area (Å²) >= 11 is 0. The number of nitrogens with one attached hydrogen (secondary N) is 1. The highest BCUT2D eigenvalue weighted by Crippen LogP contribution is 2.28. The van der Waals surface area contributed by atoms with Crippen molar-refractivity contribution in [1.82, 2.24) is 4.90 Å². The van der Waals surface area contributed by atoms with Gasteiger partial charge in [0.15, 0.2) is 0 Å². The molecule has 1 N–H and O–H groups in total. The number of nitrogens with zero attached hydrogens (tertiary/aromatic N) is 1. The van der Waals surface area contributed by atoms with Gasteiger partial charge in [-0.15, -0.1) is 0 Å². The van der Waals surface area contributed by atoms with Gasteiger partial charge in [-0.05, 0) is 31.0 Å². The van der Waals surface area contributed by atoms with Crippen LogP contribution in [0.15, 0.2) is 18.2 Å². The average Bonchev–Trinajstić information content (AvgIpc) is 2.85. The summed E-state index contributed by atoms with van der Waals surface area (Å²) in [5.74, 6) is 0.597. The summed E-state index contributed by atoms with van der Waals surface area (Å²) in [7, 11) is 0. The fourth-order valence-electron chi connectivity index (χ4n) is 2.81. The van der Waals surface area contributed by atoms with Crippen molar-refractivity contribution in [1.29, 1.82) is 0 Å². The van der Waals surface area contributed by atoms with Gasteiger partial charge in [0.05, 0.1) is 18.7 Å². The summed E-state index contributed by atoms with van der Waals surface area (Å²) < 4.78 is 5.51. The summed E-state index contributed by atoms with van der Waals surface area (Å²) in [6, 6.07) is 5.28. The van der Waals surface area contributed by atoms with Crippen molar-refractivity contribution in [2.24, 2.45) is 0 Å². The van der Waals surface area contributed by atoms with Gasteiger partial charge in [-0.2, -0.15) is 0 Å². The van der Waals surface area contributed by atoms with Crippen LogP contribution < -0.4 is 10.1 Å². The molecule has 0 radical (unpaired) electrons. The second-order valence-corrected chi connectivity index (χ2v) is 5.56. The minimum absolute atomic E-state index is 0.0400. The Bertz CT molecular complexity index is 548. The smallest absolute Gasteiger partial charge is 0.253 e. The van der Waals surface area contributed by atoms with Gasteiger partial charge in [-0.1, -0.05) is 12.8 Å². The molecule has 1 fully saturated rings. The van der Waals surface area contributed by atoms with Gasteiger partial charge >= 0.3 is 0 Å². The van der Waals surface area contributed by atoms with E-state index in [0.29, 0.717) is 30.0 Å². The molecule has 0 unspecified atom stereocenters. The van der Waals surface area contributed by atoms with Crippen molar-refractivity contribution in [3.8, 4) is 5.75 Å². The Morgan fingerprint density at radius 1 is 1.14 bits per heavy atom. The van der Waals surface area contributed by atoms with Crippen LogP contribution in [0.3, 0.4) is 0 Å². The Morgan fingerprint density at radius 3 is 2.67 bits per heavy atom. The number of ether oxygens (including phenoxy) is 1. The van der Waals surface area contributed by atoms with Gasteiger partial charge in [0.2, 0.25) is 5.91 Å². The van der Waals surface area contributed by atoms with Crippen LogP contribution in [0, 0.1) is 0 Å². The van der Waals surface area contributed by atoms with Crippen molar-refractivity contribution < 1.29 is 14.3 Å². The number of hydrogen-bond donors (Lipinski definition) is 1. The van der Waals surface area contributed by atoms with E-state index in [9.17, 15) is 9.59 Å². The van der Waals surface area contributed by atoms with Gasteiger partial charge < -0.3 is 15.0 Å². The van der Waals surface area contributed by atoms with E-state index in [1.54, 1.807) is 18.2 Å². The van der Waals surface area contributed by atoms with E-state index < -0.39 is 0 Å². The third-order valence-corrected chi connectivity index (χ3v) is 3.98. The minimum Gasteiger partial charge on any atom is -0.491 e. The van der Waals surface area contributed by atoms with Crippen LogP contribution in [0.25, 0.3) is 0 Å². The molecule has 5 nitrogen and oxygen atoms in total. The number of carbonyl (C=O) groups excluding carboxylic acids is 2.